The highest BCUT2D eigenvalue weighted by atomic mass is 15.0. The van der Waals surface area contributed by atoms with Gasteiger partial charge in [0.1, 0.15) is 5.82 Å². The summed E-state index contributed by atoms with van der Waals surface area (Å²) < 4.78 is 0. The quantitative estimate of drug-likeness (QED) is 0.358. The fraction of sp³-hybridized carbons (Fsp3) is 0.0741. The third-order valence-corrected chi connectivity index (χ3v) is 5.23. The molecule has 0 amide bonds. The molecule has 32 heavy (non-hydrogen) atoms. The molecular weight excluding hydrogens is 394 g/mol. The number of rotatable bonds is 5. The monoisotopic (exact) mass is 415 g/mol. The fourth-order valence-corrected chi connectivity index (χ4v) is 3.58. The number of hydrogen-bond donors (Lipinski definition) is 0. The number of benzene rings is 2. The molecule has 0 N–H and O–H groups in total. The lowest BCUT2D eigenvalue weighted by molar-refractivity contribution is 0.910. The summed E-state index contributed by atoms with van der Waals surface area (Å²) in [4.78, 5) is 22.7. The number of pyridine rings is 2. The van der Waals surface area contributed by atoms with Gasteiger partial charge in [-0.15, -0.1) is 0 Å². The van der Waals surface area contributed by atoms with Gasteiger partial charge in [-0.05, 0) is 35.4 Å². The van der Waals surface area contributed by atoms with Gasteiger partial charge in [0.15, 0.2) is 11.6 Å². The maximum absolute atomic E-state index is 4.84. The minimum Gasteiger partial charge on any atom is -0.264 e. The molecule has 0 fully saturated rings. The Kier molecular flexibility index (Phi) is 5.45. The van der Waals surface area contributed by atoms with E-state index in [0.29, 0.717) is 11.6 Å². The summed E-state index contributed by atoms with van der Waals surface area (Å²) in [5.41, 5.74) is 6.18. The van der Waals surface area contributed by atoms with Gasteiger partial charge in [0.25, 0.3) is 0 Å². The Hall–Kier alpha value is -4.25. The summed E-state index contributed by atoms with van der Waals surface area (Å²) in [6.45, 7) is 2.06. The number of nitrogens with zero attached hydrogens (tertiary/aromatic N) is 5. The Morgan fingerprint density at radius 2 is 1.00 bits per heavy atom. The predicted molar refractivity (Wildman–Crippen MR) is 127 cm³/mol. The molecule has 3 aromatic heterocycles. The van der Waals surface area contributed by atoms with E-state index >= 15 is 0 Å². The largest absolute Gasteiger partial charge is 0.264 e. The lowest BCUT2D eigenvalue weighted by Crippen LogP contribution is -2.02. The molecule has 2 aromatic carbocycles. The number of aryl methyl sites for hydroxylation is 1. The first-order valence-corrected chi connectivity index (χ1v) is 10.6. The van der Waals surface area contributed by atoms with E-state index in [1.54, 1.807) is 12.4 Å². The molecule has 5 aromatic rings. The van der Waals surface area contributed by atoms with Crippen LogP contribution in [0, 0.1) is 0 Å². The number of hydrogen-bond acceptors (Lipinski definition) is 5. The second kappa shape index (κ2) is 8.86. The van der Waals surface area contributed by atoms with Crippen LogP contribution in [0.15, 0.2) is 97.6 Å². The van der Waals surface area contributed by atoms with E-state index in [-0.39, 0.29) is 0 Å². The smallest absolute Gasteiger partial charge is 0.163 e. The van der Waals surface area contributed by atoms with Gasteiger partial charge in [0, 0.05) is 53.5 Å². The van der Waals surface area contributed by atoms with E-state index in [1.807, 2.05) is 60.9 Å². The van der Waals surface area contributed by atoms with Crippen molar-refractivity contribution in [1.29, 1.82) is 0 Å². The summed E-state index contributed by atoms with van der Waals surface area (Å²) in [6, 6.07) is 24.4. The van der Waals surface area contributed by atoms with Gasteiger partial charge < -0.3 is 0 Å². The summed E-state index contributed by atoms with van der Waals surface area (Å²) in [6.07, 6.45) is 8.00. The molecule has 0 saturated heterocycles. The molecule has 0 radical (unpaired) electrons. The Morgan fingerprint density at radius 3 is 1.44 bits per heavy atom. The van der Waals surface area contributed by atoms with E-state index in [4.69, 9.17) is 15.0 Å². The van der Waals surface area contributed by atoms with E-state index in [2.05, 4.69) is 41.2 Å². The molecule has 0 saturated carbocycles. The van der Waals surface area contributed by atoms with E-state index in [0.717, 1.165) is 45.6 Å². The van der Waals surface area contributed by atoms with Crippen molar-refractivity contribution in [3.05, 3.63) is 103 Å². The van der Waals surface area contributed by atoms with Crippen molar-refractivity contribution in [3.63, 3.8) is 0 Å². The van der Waals surface area contributed by atoms with Crippen molar-refractivity contribution in [1.82, 2.24) is 24.9 Å². The summed E-state index contributed by atoms with van der Waals surface area (Å²) in [7, 11) is 0. The van der Waals surface area contributed by atoms with Crippen LogP contribution in [0.25, 0.3) is 45.0 Å². The van der Waals surface area contributed by atoms with Gasteiger partial charge in [-0.25, -0.2) is 15.0 Å². The summed E-state index contributed by atoms with van der Waals surface area (Å²) in [5.74, 6) is 2.11. The molecule has 0 unspecified atom stereocenters. The molecule has 0 aliphatic carbocycles. The van der Waals surface area contributed by atoms with Crippen molar-refractivity contribution in [2.45, 2.75) is 13.3 Å². The first kappa shape index (κ1) is 19.7. The SMILES string of the molecule is CCc1nc(-c2cccc(-c3cccnc3)c2)nc(-c2cccc(-c3cccnc3)c2)n1. The van der Waals surface area contributed by atoms with Gasteiger partial charge in [-0.2, -0.15) is 0 Å². The highest BCUT2D eigenvalue weighted by Gasteiger charge is 2.11. The third-order valence-electron chi connectivity index (χ3n) is 5.23. The average Bonchev–Trinajstić information content (AvgIpc) is 2.89. The highest BCUT2D eigenvalue weighted by Crippen LogP contribution is 2.27. The maximum atomic E-state index is 4.84. The van der Waals surface area contributed by atoms with E-state index in [1.165, 1.54) is 0 Å². The molecule has 3 heterocycles. The van der Waals surface area contributed by atoms with Crippen molar-refractivity contribution in [2.24, 2.45) is 0 Å². The standard InChI is InChI=1S/C27H21N5/c1-2-25-30-26(21-9-3-7-19(15-21)23-11-5-13-28-17-23)32-27(31-25)22-10-4-8-20(16-22)24-12-6-14-29-18-24/h3-18H,2H2,1H3. The zero-order valence-electron chi connectivity index (χ0n) is 17.7. The fourth-order valence-electron chi connectivity index (χ4n) is 3.58. The van der Waals surface area contributed by atoms with Crippen LogP contribution in [0.1, 0.15) is 12.7 Å². The maximum Gasteiger partial charge on any atom is 0.163 e. The first-order chi connectivity index (χ1) is 15.8. The Bertz CT molecular complexity index is 1250. The van der Waals surface area contributed by atoms with Crippen molar-refractivity contribution < 1.29 is 0 Å². The Labute approximate surface area is 186 Å². The van der Waals surface area contributed by atoms with Crippen LogP contribution in [-0.4, -0.2) is 24.9 Å². The Balaban J connectivity index is 1.58. The van der Waals surface area contributed by atoms with Crippen LogP contribution in [0.5, 0.6) is 0 Å². The minimum atomic E-state index is 0.671. The molecule has 154 valence electrons. The van der Waals surface area contributed by atoms with Gasteiger partial charge in [0.2, 0.25) is 0 Å². The van der Waals surface area contributed by atoms with E-state index < -0.39 is 0 Å². The molecular formula is C27H21N5. The van der Waals surface area contributed by atoms with Crippen molar-refractivity contribution in [2.75, 3.05) is 0 Å². The topological polar surface area (TPSA) is 64.5 Å². The zero-order chi connectivity index (χ0) is 21.8. The molecule has 0 aliphatic heterocycles. The normalized spacial score (nSPS) is 10.8. The van der Waals surface area contributed by atoms with Gasteiger partial charge >= 0.3 is 0 Å². The van der Waals surface area contributed by atoms with Crippen LogP contribution in [0.2, 0.25) is 0 Å². The lowest BCUT2D eigenvalue weighted by atomic mass is 10.0. The van der Waals surface area contributed by atoms with Crippen molar-refractivity contribution in [3.8, 4) is 45.0 Å². The summed E-state index contributed by atoms with van der Waals surface area (Å²) >= 11 is 0. The summed E-state index contributed by atoms with van der Waals surface area (Å²) in [5, 5.41) is 0. The van der Waals surface area contributed by atoms with Crippen LogP contribution in [-0.2, 0) is 6.42 Å². The first-order valence-electron chi connectivity index (χ1n) is 10.6. The lowest BCUT2D eigenvalue weighted by Gasteiger charge is -2.09. The second-order valence-electron chi connectivity index (χ2n) is 7.40. The van der Waals surface area contributed by atoms with E-state index in [9.17, 15) is 0 Å². The Morgan fingerprint density at radius 1 is 0.531 bits per heavy atom. The van der Waals surface area contributed by atoms with Gasteiger partial charge in [0.05, 0.1) is 0 Å². The molecule has 0 atom stereocenters. The molecule has 5 heteroatoms. The third kappa shape index (κ3) is 4.14. The molecule has 0 aliphatic rings. The van der Waals surface area contributed by atoms with Gasteiger partial charge in [-0.3, -0.25) is 9.97 Å². The number of aromatic nitrogens is 5. The van der Waals surface area contributed by atoms with Crippen LogP contribution in [0.4, 0.5) is 0 Å². The predicted octanol–water partition coefficient (Wildman–Crippen LogP) is 5.89. The van der Waals surface area contributed by atoms with Crippen LogP contribution in [0.3, 0.4) is 0 Å². The van der Waals surface area contributed by atoms with Crippen LogP contribution >= 0.6 is 0 Å². The van der Waals surface area contributed by atoms with Crippen LogP contribution < -0.4 is 0 Å². The highest BCUT2D eigenvalue weighted by molar-refractivity contribution is 5.72. The molecule has 5 rings (SSSR count). The average molecular weight is 416 g/mol. The molecule has 0 bridgehead atoms. The van der Waals surface area contributed by atoms with Crippen molar-refractivity contribution >= 4 is 0 Å². The molecule has 5 nitrogen and oxygen atoms in total. The molecule has 0 spiro atoms. The van der Waals surface area contributed by atoms with Gasteiger partial charge in [-0.1, -0.05) is 55.5 Å². The minimum absolute atomic E-state index is 0.671. The second-order valence-corrected chi connectivity index (χ2v) is 7.40. The zero-order valence-corrected chi connectivity index (χ0v) is 17.7.